The average molecular weight is 1110 g/mol. The van der Waals surface area contributed by atoms with Crippen LogP contribution in [0.4, 0.5) is 4.79 Å². The van der Waals surface area contributed by atoms with E-state index >= 15 is 0 Å². The second-order valence-corrected chi connectivity index (χ2v) is 20.5. The van der Waals surface area contributed by atoms with Crippen LogP contribution in [-0.2, 0) is 94.7 Å². The molecule has 10 atom stereocenters. The van der Waals surface area contributed by atoms with Crippen molar-refractivity contribution in [1.82, 2.24) is 0 Å². The summed E-state index contributed by atoms with van der Waals surface area (Å²) in [4.78, 5) is 40.2. The summed E-state index contributed by atoms with van der Waals surface area (Å²) in [7, 11) is 0. The molecule has 2 saturated heterocycles. The van der Waals surface area contributed by atoms with Crippen molar-refractivity contribution >= 4 is 17.9 Å². The van der Waals surface area contributed by atoms with Gasteiger partial charge in [-0.1, -0.05) is 200 Å². The van der Waals surface area contributed by atoms with E-state index < -0.39 is 80.1 Å². The van der Waals surface area contributed by atoms with E-state index in [0.29, 0.717) is 0 Å². The molecule has 0 bridgehead atoms. The van der Waals surface area contributed by atoms with Gasteiger partial charge >= 0.3 is 12.1 Å². The summed E-state index contributed by atoms with van der Waals surface area (Å²) in [6, 6.07) is 63.6. The number of esters is 1. The summed E-state index contributed by atoms with van der Waals surface area (Å²) in [6.45, 7) is 1.15. The summed E-state index contributed by atoms with van der Waals surface area (Å²) in [5, 5.41) is 12.0. The molecule has 0 radical (unpaired) electrons. The molecular weight excluding hydrogens is 1040 g/mol. The standard InChI is InChI=1S/C67H68O15/c1-45(68)35-36-58(69)73-44-57-59(74-38-47-23-9-3-10-24-47)62(82-67(71)78-42-55-53-33-19-17-31-51(53)52-32-18-20-34-54(52)55)64(77-41-50-29-15-6-16-30-50)66(80-57)81-60-56(43-72-37-46-21-7-2-8-22-46)79-65(70)63(76-40-49-27-13-5-14-28-49)61(60)75-39-48-25-11-4-12-26-48/h2-34,55-57,59-66,70H,35-44H2,1H3/t56-,57-,59+,60-,61+,62+,63-,64-,65-,66+/m1/s1. The molecule has 2 aliphatic heterocycles. The van der Waals surface area contributed by atoms with E-state index in [1.165, 1.54) is 6.92 Å². The van der Waals surface area contributed by atoms with Crippen molar-refractivity contribution in [2.24, 2.45) is 0 Å². The molecule has 10 rings (SSSR count). The molecule has 2 fully saturated rings. The zero-order valence-electron chi connectivity index (χ0n) is 45.6. The van der Waals surface area contributed by atoms with Gasteiger partial charge in [0, 0.05) is 12.3 Å². The summed E-state index contributed by atoms with van der Waals surface area (Å²) in [5.41, 5.74) is 8.25. The van der Waals surface area contributed by atoms with Crippen LogP contribution in [0.15, 0.2) is 200 Å². The van der Waals surface area contributed by atoms with Crippen LogP contribution < -0.4 is 0 Å². The molecule has 15 nitrogen and oxygen atoms in total. The summed E-state index contributed by atoms with van der Waals surface area (Å²) in [5.74, 6) is -1.14. The molecule has 15 heteroatoms. The van der Waals surface area contributed by atoms with Crippen LogP contribution in [0.2, 0.25) is 0 Å². The zero-order valence-corrected chi connectivity index (χ0v) is 45.6. The third-order valence-corrected chi connectivity index (χ3v) is 14.7. The largest absolute Gasteiger partial charge is 0.508 e. The molecule has 7 aromatic carbocycles. The fourth-order valence-electron chi connectivity index (χ4n) is 10.5. The Morgan fingerprint density at radius 2 is 0.866 bits per heavy atom. The van der Waals surface area contributed by atoms with Gasteiger partial charge in [0.05, 0.1) is 46.1 Å². The Labute approximate surface area is 477 Å². The third-order valence-electron chi connectivity index (χ3n) is 14.7. The number of aliphatic hydroxyl groups excluding tert-OH is 1. The van der Waals surface area contributed by atoms with Gasteiger partial charge < -0.3 is 62.0 Å². The van der Waals surface area contributed by atoms with Crippen LogP contribution in [0, 0.1) is 0 Å². The van der Waals surface area contributed by atoms with Gasteiger partial charge in [-0.05, 0) is 57.0 Å². The summed E-state index contributed by atoms with van der Waals surface area (Å²) < 4.78 is 72.9. The van der Waals surface area contributed by atoms with E-state index in [-0.39, 0.29) is 70.8 Å². The van der Waals surface area contributed by atoms with E-state index in [2.05, 4.69) is 12.1 Å². The molecular formula is C67H68O15. The maximum absolute atomic E-state index is 14.7. The number of ether oxygens (including phenoxy) is 11. The molecule has 2 heterocycles. The smallest absolute Gasteiger partial charge is 0.463 e. The molecule has 0 spiro atoms. The maximum atomic E-state index is 14.7. The van der Waals surface area contributed by atoms with Crippen molar-refractivity contribution in [3.63, 3.8) is 0 Å². The van der Waals surface area contributed by atoms with Crippen molar-refractivity contribution in [2.75, 3.05) is 19.8 Å². The molecule has 3 aliphatic rings. The predicted molar refractivity (Wildman–Crippen MR) is 301 cm³/mol. The van der Waals surface area contributed by atoms with Crippen LogP contribution >= 0.6 is 0 Å². The molecule has 0 aromatic heterocycles. The molecule has 82 heavy (non-hydrogen) atoms. The lowest BCUT2D eigenvalue weighted by Crippen LogP contribution is -2.66. The van der Waals surface area contributed by atoms with Crippen molar-refractivity contribution in [1.29, 1.82) is 0 Å². The fraction of sp³-hybridized carbons (Fsp3) is 0.328. The number of ketones is 1. The van der Waals surface area contributed by atoms with Crippen LogP contribution in [0.25, 0.3) is 11.1 Å². The maximum Gasteiger partial charge on any atom is 0.508 e. The van der Waals surface area contributed by atoms with Gasteiger partial charge in [0.1, 0.15) is 61.7 Å². The molecule has 0 saturated carbocycles. The average Bonchev–Trinajstić information content (AvgIpc) is 4.05. The Kier molecular flexibility index (Phi) is 20.5. The Bertz CT molecular complexity index is 3050. The van der Waals surface area contributed by atoms with Gasteiger partial charge in [-0.15, -0.1) is 0 Å². The minimum absolute atomic E-state index is 0.0101. The van der Waals surface area contributed by atoms with Crippen LogP contribution in [0.1, 0.15) is 64.6 Å². The van der Waals surface area contributed by atoms with E-state index in [0.717, 1.165) is 50.1 Å². The quantitative estimate of drug-likeness (QED) is 0.0507. The second-order valence-electron chi connectivity index (χ2n) is 20.5. The molecule has 7 aromatic rings. The third kappa shape index (κ3) is 15.4. The molecule has 1 N–H and O–H groups in total. The van der Waals surface area contributed by atoms with Gasteiger partial charge in [-0.25, -0.2) is 4.79 Å². The highest BCUT2D eigenvalue weighted by Gasteiger charge is 2.55. The number of rotatable bonds is 26. The van der Waals surface area contributed by atoms with E-state index in [1.54, 1.807) is 0 Å². The number of benzene rings is 7. The Hall–Kier alpha value is -7.41. The molecule has 426 valence electrons. The normalized spacial score (nSPS) is 23.0. The van der Waals surface area contributed by atoms with E-state index in [9.17, 15) is 19.5 Å². The van der Waals surface area contributed by atoms with Gasteiger partial charge in [-0.2, -0.15) is 0 Å². The summed E-state index contributed by atoms with van der Waals surface area (Å²) in [6.07, 6.45) is -13.9. The number of carbonyl (C=O) groups is 3. The minimum atomic E-state index is -1.53. The highest BCUT2D eigenvalue weighted by molar-refractivity contribution is 5.81. The fourth-order valence-corrected chi connectivity index (χ4v) is 10.5. The highest BCUT2D eigenvalue weighted by Crippen LogP contribution is 2.45. The van der Waals surface area contributed by atoms with Gasteiger partial charge in [0.15, 0.2) is 18.7 Å². The topological polar surface area (TPSA) is 173 Å². The number of carbonyl (C=O) groups excluding carboxylic acids is 3. The first-order chi connectivity index (χ1) is 40.2. The first-order valence-electron chi connectivity index (χ1n) is 27.8. The summed E-state index contributed by atoms with van der Waals surface area (Å²) >= 11 is 0. The minimum Gasteiger partial charge on any atom is -0.463 e. The van der Waals surface area contributed by atoms with Crippen molar-refractivity contribution in [2.45, 2.75) is 120 Å². The first kappa shape index (κ1) is 57.8. The molecule has 0 unspecified atom stereocenters. The van der Waals surface area contributed by atoms with Gasteiger partial charge in [0.2, 0.25) is 0 Å². The van der Waals surface area contributed by atoms with Gasteiger partial charge in [0.25, 0.3) is 0 Å². The van der Waals surface area contributed by atoms with E-state index in [1.807, 2.05) is 188 Å². The Morgan fingerprint density at radius 1 is 0.427 bits per heavy atom. The number of Topliss-reactive ketones (excluding diaryl/α,β-unsaturated/α-hetero) is 1. The van der Waals surface area contributed by atoms with Crippen molar-refractivity contribution in [3.05, 3.63) is 239 Å². The van der Waals surface area contributed by atoms with Crippen LogP contribution in [0.5, 0.6) is 0 Å². The number of fused-ring (bicyclic) bond motifs is 3. The number of hydrogen-bond donors (Lipinski definition) is 1. The van der Waals surface area contributed by atoms with Crippen molar-refractivity contribution < 1.29 is 71.6 Å². The molecule has 1 aliphatic carbocycles. The Morgan fingerprint density at radius 3 is 1.38 bits per heavy atom. The van der Waals surface area contributed by atoms with Crippen molar-refractivity contribution in [3.8, 4) is 11.1 Å². The number of hydrogen-bond acceptors (Lipinski definition) is 15. The van der Waals surface area contributed by atoms with E-state index in [4.69, 9.17) is 52.1 Å². The monoisotopic (exact) mass is 1110 g/mol. The highest BCUT2D eigenvalue weighted by atomic mass is 16.8. The Balaban J connectivity index is 1.03. The SMILES string of the molecule is CC(=O)CCC(=O)OC[C@H]1O[C@@H](O[C@H]2[C@H](OCc3ccccc3)[C@@H](OCc3ccccc3)[C@H](O)O[C@@H]2COCc2ccccc2)[C@H](OCc2ccccc2)[C@@H](OC(=O)OCC2c3ccccc3-c3ccccc32)[C@H]1OCc1ccccc1. The molecule has 0 amide bonds. The number of aliphatic hydroxyl groups is 1. The lowest BCUT2D eigenvalue weighted by molar-refractivity contribution is -0.371. The zero-order chi connectivity index (χ0) is 56.5. The predicted octanol–water partition coefficient (Wildman–Crippen LogP) is 10.6. The first-order valence-corrected chi connectivity index (χ1v) is 27.8. The van der Waals surface area contributed by atoms with Gasteiger partial charge in [-0.3, -0.25) is 4.79 Å². The lowest BCUT2D eigenvalue weighted by atomic mass is 9.96. The second kappa shape index (κ2) is 29.0. The lowest BCUT2D eigenvalue weighted by Gasteiger charge is -2.49. The van der Waals surface area contributed by atoms with Crippen LogP contribution in [-0.4, -0.2) is 104 Å². The van der Waals surface area contributed by atoms with Crippen LogP contribution in [0.3, 0.4) is 0 Å².